The second-order valence-electron chi connectivity index (χ2n) is 14.6. The number of rotatable bonds is 5. The summed E-state index contributed by atoms with van der Waals surface area (Å²) in [5, 5.41) is 4.89. The summed E-state index contributed by atoms with van der Waals surface area (Å²) in [6.07, 6.45) is 0. The predicted octanol–water partition coefficient (Wildman–Crippen LogP) is 13.4. The fourth-order valence-electron chi connectivity index (χ4n) is 8.37. The minimum atomic E-state index is -0.112. The molecule has 2 heteroatoms. The van der Waals surface area contributed by atoms with Crippen LogP contribution >= 0.6 is 0 Å². The first-order chi connectivity index (χ1) is 26.0. The molecule has 0 aliphatic heterocycles. The van der Waals surface area contributed by atoms with E-state index in [-0.39, 0.29) is 5.41 Å². The van der Waals surface area contributed by atoms with Gasteiger partial charge in [0, 0.05) is 22.1 Å². The topological polar surface area (TPSA) is 25.8 Å². The highest BCUT2D eigenvalue weighted by Gasteiger charge is 2.36. The Morgan fingerprint density at radius 1 is 0.340 bits per heavy atom. The standard InChI is InChI=1S/C51H36N2/c1-51(2)46-31-37(25-26-42(46)45-29-35-19-9-10-20-36(35)30-47(45)51)39-27-28-44(41-23-13-12-22-40(39)41)50-52-48(34-17-7-4-8-18-34)32-49(53-50)43-24-14-11-21-38(43)33-15-5-3-6-16-33/h3-32H,1-2H3. The molecular formula is C51H36N2. The number of fused-ring (bicyclic) bond motifs is 5. The molecule has 1 aromatic heterocycles. The van der Waals surface area contributed by atoms with Crippen molar-refractivity contribution >= 4 is 21.5 Å². The molecule has 0 N–H and O–H groups in total. The van der Waals surface area contributed by atoms with Crippen molar-refractivity contribution in [3.05, 3.63) is 193 Å². The molecule has 10 rings (SSSR count). The largest absolute Gasteiger partial charge is 0.228 e. The van der Waals surface area contributed by atoms with Gasteiger partial charge in [-0.25, -0.2) is 9.97 Å². The monoisotopic (exact) mass is 676 g/mol. The lowest BCUT2D eigenvalue weighted by Crippen LogP contribution is -2.15. The summed E-state index contributed by atoms with van der Waals surface area (Å²) >= 11 is 0. The highest BCUT2D eigenvalue weighted by Crippen LogP contribution is 2.51. The van der Waals surface area contributed by atoms with Gasteiger partial charge in [-0.3, -0.25) is 0 Å². The minimum absolute atomic E-state index is 0.112. The van der Waals surface area contributed by atoms with E-state index in [1.165, 1.54) is 49.5 Å². The number of hydrogen-bond acceptors (Lipinski definition) is 2. The SMILES string of the molecule is CC1(C)c2cc(-c3ccc(-c4nc(-c5ccccc5)cc(-c5ccccc5-c5ccccc5)n4)c4ccccc34)ccc2-c2cc3ccccc3cc21. The lowest BCUT2D eigenvalue weighted by Gasteiger charge is -2.22. The molecular weight excluding hydrogens is 641 g/mol. The third kappa shape index (κ3) is 5.18. The first kappa shape index (κ1) is 31.1. The van der Waals surface area contributed by atoms with Crippen LogP contribution in [-0.4, -0.2) is 9.97 Å². The van der Waals surface area contributed by atoms with Crippen LogP contribution in [0.1, 0.15) is 25.0 Å². The lowest BCUT2D eigenvalue weighted by atomic mass is 9.81. The first-order valence-electron chi connectivity index (χ1n) is 18.3. The van der Waals surface area contributed by atoms with Crippen LogP contribution in [0.2, 0.25) is 0 Å². The van der Waals surface area contributed by atoms with E-state index in [1.54, 1.807) is 0 Å². The van der Waals surface area contributed by atoms with Gasteiger partial charge in [0.1, 0.15) is 0 Å². The third-order valence-electron chi connectivity index (χ3n) is 11.1. The minimum Gasteiger partial charge on any atom is -0.228 e. The Balaban J connectivity index is 1.13. The summed E-state index contributed by atoms with van der Waals surface area (Å²) in [5.41, 5.74) is 15.0. The number of hydrogen-bond donors (Lipinski definition) is 0. The van der Waals surface area contributed by atoms with Crippen molar-refractivity contribution < 1.29 is 0 Å². The molecule has 0 amide bonds. The average Bonchev–Trinajstić information content (AvgIpc) is 3.44. The Morgan fingerprint density at radius 3 is 1.64 bits per heavy atom. The van der Waals surface area contributed by atoms with Gasteiger partial charge in [0.25, 0.3) is 0 Å². The Labute approximate surface area is 310 Å². The van der Waals surface area contributed by atoms with Crippen LogP contribution in [0, 0.1) is 0 Å². The van der Waals surface area contributed by atoms with Crippen LogP contribution in [0.15, 0.2) is 182 Å². The molecule has 0 saturated heterocycles. The summed E-state index contributed by atoms with van der Waals surface area (Å²) in [5.74, 6) is 0.713. The molecule has 8 aromatic carbocycles. The maximum absolute atomic E-state index is 5.34. The van der Waals surface area contributed by atoms with Gasteiger partial charge >= 0.3 is 0 Å². The van der Waals surface area contributed by atoms with Gasteiger partial charge in [0.05, 0.1) is 11.4 Å². The van der Waals surface area contributed by atoms with E-state index in [2.05, 4.69) is 190 Å². The van der Waals surface area contributed by atoms with E-state index >= 15 is 0 Å². The van der Waals surface area contributed by atoms with Crippen molar-refractivity contribution in [2.45, 2.75) is 19.3 Å². The molecule has 0 unspecified atom stereocenters. The Bertz CT molecular complexity index is 2850. The molecule has 0 saturated carbocycles. The molecule has 0 bridgehead atoms. The zero-order valence-corrected chi connectivity index (χ0v) is 29.7. The quantitative estimate of drug-likeness (QED) is 0.181. The van der Waals surface area contributed by atoms with Crippen molar-refractivity contribution in [3.8, 4) is 67.3 Å². The molecule has 0 atom stereocenters. The van der Waals surface area contributed by atoms with Gasteiger partial charge in [0.2, 0.25) is 0 Å². The van der Waals surface area contributed by atoms with Crippen molar-refractivity contribution in [1.29, 1.82) is 0 Å². The molecule has 1 aliphatic carbocycles. The van der Waals surface area contributed by atoms with Crippen LogP contribution in [0.4, 0.5) is 0 Å². The zero-order chi connectivity index (χ0) is 35.5. The first-order valence-corrected chi connectivity index (χ1v) is 18.3. The van der Waals surface area contributed by atoms with E-state index < -0.39 is 0 Å². The maximum Gasteiger partial charge on any atom is 0.161 e. The van der Waals surface area contributed by atoms with Crippen LogP contribution in [-0.2, 0) is 5.41 Å². The van der Waals surface area contributed by atoms with Gasteiger partial charge in [0.15, 0.2) is 5.82 Å². The second kappa shape index (κ2) is 12.3. The molecule has 2 nitrogen and oxygen atoms in total. The molecule has 53 heavy (non-hydrogen) atoms. The Hall–Kier alpha value is -6.64. The summed E-state index contributed by atoms with van der Waals surface area (Å²) in [7, 11) is 0. The summed E-state index contributed by atoms with van der Waals surface area (Å²) in [6.45, 7) is 4.73. The Morgan fingerprint density at radius 2 is 0.887 bits per heavy atom. The van der Waals surface area contributed by atoms with Gasteiger partial charge in [-0.15, -0.1) is 0 Å². The van der Waals surface area contributed by atoms with E-state index in [1.807, 2.05) is 6.07 Å². The summed E-state index contributed by atoms with van der Waals surface area (Å²) in [6, 6.07) is 65.3. The molecule has 0 radical (unpaired) electrons. The van der Waals surface area contributed by atoms with Gasteiger partial charge < -0.3 is 0 Å². The molecule has 1 aliphatic rings. The predicted molar refractivity (Wildman–Crippen MR) is 222 cm³/mol. The van der Waals surface area contributed by atoms with Crippen molar-refractivity contribution in [3.63, 3.8) is 0 Å². The van der Waals surface area contributed by atoms with Crippen molar-refractivity contribution in [1.82, 2.24) is 9.97 Å². The molecule has 0 spiro atoms. The average molecular weight is 677 g/mol. The molecule has 9 aromatic rings. The van der Waals surface area contributed by atoms with Crippen LogP contribution in [0.3, 0.4) is 0 Å². The number of benzene rings is 8. The molecule has 250 valence electrons. The summed E-state index contributed by atoms with van der Waals surface area (Å²) in [4.78, 5) is 10.6. The van der Waals surface area contributed by atoms with Crippen molar-refractivity contribution in [2.24, 2.45) is 0 Å². The molecule has 0 fully saturated rings. The van der Waals surface area contributed by atoms with E-state index in [4.69, 9.17) is 9.97 Å². The van der Waals surface area contributed by atoms with E-state index in [0.717, 1.165) is 44.6 Å². The smallest absolute Gasteiger partial charge is 0.161 e. The fraction of sp³-hybridized carbons (Fsp3) is 0.0588. The lowest BCUT2D eigenvalue weighted by molar-refractivity contribution is 0.661. The van der Waals surface area contributed by atoms with E-state index in [9.17, 15) is 0 Å². The fourth-order valence-corrected chi connectivity index (χ4v) is 8.37. The van der Waals surface area contributed by atoms with Crippen LogP contribution in [0.5, 0.6) is 0 Å². The summed E-state index contributed by atoms with van der Waals surface area (Å²) < 4.78 is 0. The van der Waals surface area contributed by atoms with Gasteiger partial charge in [-0.2, -0.15) is 0 Å². The van der Waals surface area contributed by atoms with Gasteiger partial charge in [-0.05, 0) is 96.4 Å². The number of nitrogens with zero attached hydrogens (tertiary/aromatic N) is 2. The molecule has 1 heterocycles. The maximum atomic E-state index is 5.34. The Kier molecular flexibility index (Phi) is 7.19. The highest BCUT2D eigenvalue weighted by atomic mass is 14.9. The van der Waals surface area contributed by atoms with Crippen LogP contribution < -0.4 is 0 Å². The van der Waals surface area contributed by atoms with Gasteiger partial charge in [-0.1, -0.05) is 166 Å². The second-order valence-corrected chi connectivity index (χ2v) is 14.6. The van der Waals surface area contributed by atoms with Crippen LogP contribution in [0.25, 0.3) is 88.8 Å². The zero-order valence-electron chi connectivity index (χ0n) is 29.7. The van der Waals surface area contributed by atoms with Crippen molar-refractivity contribution in [2.75, 3.05) is 0 Å². The highest BCUT2D eigenvalue weighted by molar-refractivity contribution is 6.05. The normalized spacial score (nSPS) is 12.9. The third-order valence-corrected chi connectivity index (χ3v) is 11.1. The number of aromatic nitrogens is 2. The van der Waals surface area contributed by atoms with E-state index in [0.29, 0.717) is 5.82 Å².